The van der Waals surface area contributed by atoms with Crippen molar-refractivity contribution in [1.82, 2.24) is 5.01 Å². The molecule has 1 unspecified atom stereocenters. The Labute approximate surface area is 220 Å². The van der Waals surface area contributed by atoms with Crippen molar-refractivity contribution < 1.29 is 27.5 Å². The van der Waals surface area contributed by atoms with Gasteiger partial charge in [0, 0.05) is 15.7 Å². The van der Waals surface area contributed by atoms with Crippen LogP contribution in [0.25, 0.3) is 0 Å². The minimum absolute atomic E-state index is 0.0832. The van der Waals surface area contributed by atoms with Crippen LogP contribution in [0.4, 0.5) is 23.7 Å². The van der Waals surface area contributed by atoms with Crippen molar-refractivity contribution in [3.05, 3.63) is 99.5 Å². The molecular formula is C26H20Cl2F3N3O3. The van der Waals surface area contributed by atoms with Crippen molar-refractivity contribution in [2.75, 3.05) is 18.5 Å². The molecule has 37 heavy (non-hydrogen) atoms. The lowest BCUT2D eigenvalue weighted by Gasteiger charge is -2.29. The van der Waals surface area contributed by atoms with Crippen molar-refractivity contribution in [2.45, 2.75) is 18.5 Å². The lowest BCUT2D eigenvalue weighted by molar-refractivity contribution is -0.147. The third kappa shape index (κ3) is 5.42. The number of nitrogens with one attached hydrogen (secondary N) is 1. The predicted octanol–water partition coefficient (Wildman–Crippen LogP) is 6.77. The molecule has 3 aromatic carbocycles. The van der Waals surface area contributed by atoms with E-state index in [-0.39, 0.29) is 24.6 Å². The van der Waals surface area contributed by atoms with Gasteiger partial charge < -0.3 is 10.1 Å². The molecule has 0 aromatic heterocycles. The predicted molar refractivity (Wildman–Crippen MR) is 135 cm³/mol. The summed E-state index contributed by atoms with van der Waals surface area (Å²) in [6.45, 7) is 1.52. The highest BCUT2D eigenvalue weighted by molar-refractivity contribution is 6.31. The number of nitrogens with zero attached hydrogens (tertiary/aromatic N) is 2. The number of urea groups is 1. The Morgan fingerprint density at radius 3 is 2.08 bits per heavy atom. The first-order chi connectivity index (χ1) is 17.5. The van der Waals surface area contributed by atoms with Gasteiger partial charge in [-0.3, -0.25) is 4.79 Å². The summed E-state index contributed by atoms with van der Waals surface area (Å²) < 4.78 is 44.1. The number of hydrazone groups is 1. The highest BCUT2D eigenvalue weighted by atomic mass is 35.5. The lowest BCUT2D eigenvalue weighted by atomic mass is 9.74. The highest BCUT2D eigenvalue weighted by Crippen LogP contribution is 2.38. The molecule has 0 aliphatic carbocycles. The second kappa shape index (κ2) is 10.4. The second-order valence-corrected chi connectivity index (χ2v) is 9.02. The summed E-state index contributed by atoms with van der Waals surface area (Å²) in [4.78, 5) is 26.7. The van der Waals surface area contributed by atoms with E-state index in [4.69, 9.17) is 27.9 Å². The SMILES string of the molecule is CCOC(=O)C1(c2ccc(Cl)cc2)CN(C(=O)Nc2ccc(C(F)(F)F)cc2)N=C1c1ccc(Cl)cc1. The van der Waals surface area contributed by atoms with Gasteiger partial charge in [0.25, 0.3) is 0 Å². The van der Waals surface area contributed by atoms with Crippen LogP contribution in [0.15, 0.2) is 77.9 Å². The van der Waals surface area contributed by atoms with E-state index in [0.29, 0.717) is 21.2 Å². The molecular weight excluding hydrogens is 530 g/mol. The Hall–Kier alpha value is -3.56. The van der Waals surface area contributed by atoms with Crippen LogP contribution in [0.3, 0.4) is 0 Å². The van der Waals surface area contributed by atoms with Gasteiger partial charge in [-0.05, 0) is 66.6 Å². The maximum atomic E-state index is 13.5. The molecule has 3 aromatic rings. The van der Waals surface area contributed by atoms with Crippen LogP contribution < -0.4 is 5.32 Å². The number of carbonyl (C=O) groups excluding carboxylic acids is 2. The Kier molecular flexibility index (Phi) is 7.47. The maximum absolute atomic E-state index is 13.5. The van der Waals surface area contributed by atoms with Crippen LogP contribution in [0.2, 0.25) is 10.0 Å². The quantitative estimate of drug-likeness (QED) is 0.357. The van der Waals surface area contributed by atoms with Gasteiger partial charge in [-0.2, -0.15) is 18.3 Å². The Morgan fingerprint density at radius 1 is 0.973 bits per heavy atom. The zero-order valence-corrected chi connectivity index (χ0v) is 20.9. The van der Waals surface area contributed by atoms with Gasteiger partial charge in [-0.25, -0.2) is 9.80 Å². The van der Waals surface area contributed by atoms with Crippen LogP contribution in [0.5, 0.6) is 0 Å². The Bertz CT molecular complexity index is 1330. The minimum atomic E-state index is -4.51. The molecule has 0 spiro atoms. The van der Waals surface area contributed by atoms with Gasteiger partial charge in [-0.1, -0.05) is 47.5 Å². The molecule has 11 heteroatoms. The van der Waals surface area contributed by atoms with E-state index in [1.807, 2.05) is 0 Å². The maximum Gasteiger partial charge on any atom is 0.416 e. The van der Waals surface area contributed by atoms with Gasteiger partial charge in [0.2, 0.25) is 0 Å². The van der Waals surface area contributed by atoms with E-state index in [2.05, 4.69) is 10.4 Å². The average Bonchev–Trinajstić information content (AvgIpc) is 3.27. The van der Waals surface area contributed by atoms with Crippen molar-refractivity contribution in [1.29, 1.82) is 0 Å². The fraction of sp³-hybridized carbons (Fsp3) is 0.192. The Morgan fingerprint density at radius 2 is 1.54 bits per heavy atom. The number of rotatable bonds is 5. The molecule has 0 bridgehead atoms. The molecule has 0 radical (unpaired) electrons. The molecule has 0 saturated carbocycles. The van der Waals surface area contributed by atoms with E-state index in [0.717, 1.165) is 29.3 Å². The number of alkyl halides is 3. The number of halogens is 5. The van der Waals surface area contributed by atoms with Crippen LogP contribution in [-0.4, -0.2) is 35.9 Å². The van der Waals surface area contributed by atoms with Gasteiger partial charge in [0.05, 0.1) is 24.4 Å². The topological polar surface area (TPSA) is 71.0 Å². The molecule has 1 N–H and O–H groups in total. The third-order valence-electron chi connectivity index (χ3n) is 5.79. The molecule has 192 valence electrons. The van der Waals surface area contributed by atoms with Gasteiger partial charge in [0.1, 0.15) is 0 Å². The molecule has 0 fully saturated rings. The first-order valence-electron chi connectivity index (χ1n) is 11.1. The number of carbonyl (C=O) groups is 2. The fourth-order valence-electron chi connectivity index (χ4n) is 4.00. The monoisotopic (exact) mass is 549 g/mol. The van der Waals surface area contributed by atoms with Crippen LogP contribution in [-0.2, 0) is 21.1 Å². The summed E-state index contributed by atoms with van der Waals surface area (Å²) >= 11 is 12.1. The van der Waals surface area contributed by atoms with E-state index in [9.17, 15) is 22.8 Å². The van der Waals surface area contributed by atoms with E-state index < -0.39 is 29.2 Å². The van der Waals surface area contributed by atoms with Crippen molar-refractivity contribution in [2.24, 2.45) is 5.10 Å². The molecule has 1 aliphatic heterocycles. The van der Waals surface area contributed by atoms with Crippen molar-refractivity contribution >= 4 is 46.6 Å². The standard InChI is InChI=1S/C26H20Cl2F3N3O3/c1-2-37-23(35)25(17-5-11-20(28)12-6-17)15-34(33-22(25)16-3-9-19(27)10-4-16)24(36)32-21-13-7-18(8-14-21)26(29,30)31/h3-14H,2,15H2,1H3,(H,32,36). The van der Waals surface area contributed by atoms with E-state index in [1.54, 1.807) is 55.5 Å². The fourth-order valence-corrected chi connectivity index (χ4v) is 4.25. The van der Waals surface area contributed by atoms with Gasteiger partial charge >= 0.3 is 18.2 Å². The molecule has 2 amide bonds. The Balaban J connectivity index is 1.75. The summed E-state index contributed by atoms with van der Waals surface area (Å²) in [6.07, 6.45) is -4.51. The largest absolute Gasteiger partial charge is 0.465 e. The molecule has 6 nitrogen and oxygen atoms in total. The number of hydrogen-bond donors (Lipinski definition) is 1. The second-order valence-electron chi connectivity index (χ2n) is 8.15. The zero-order valence-electron chi connectivity index (χ0n) is 19.4. The molecule has 0 saturated heterocycles. The highest BCUT2D eigenvalue weighted by Gasteiger charge is 2.53. The number of hydrogen-bond acceptors (Lipinski definition) is 4. The normalized spacial score (nSPS) is 17.4. The molecule has 4 rings (SSSR count). The molecule has 1 atom stereocenters. The van der Waals surface area contributed by atoms with Crippen LogP contribution >= 0.6 is 23.2 Å². The van der Waals surface area contributed by atoms with E-state index in [1.165, 1.54) is 0 Å². The van der Waals surface area contributed by atoms with Crippen molar-refractivity contribution in [3.8, 4) is 0 Å². The smallest absolute Gasteiger partial charge is 0.416 e. The summed E-state index contributed by atoms with van der Waals surface area (Å²) in [5.74, 6) is -0.629. The van der Waals surface area contributed by atoms with Gasteiger partial charge in [0.15, 0.2) is 5.41 Å². The number of ether oxygens (including phenoxy) is 1. The summed E-state index contributed by atoms with van der Waals surface area (Å²) in [5, 5.41) is 8.97. The summed E-state index contributed by atoms with van der Waals surface area (Å²) in [6, 6.07) is 16.4. The van der Waals surface area contributed by atoms with Crippen LogP contribution in [0.1, 0.15) is 23.6 Å². The lowest BCUT2D eigenvalue weighted by Crippen LogP contribution is -2.48. The molecule has 1 aliphatic rings. The van der Waals surface area contributed by atoms with Crippen LogP contribution in [0, 0.1) is 0 Å². The first kappa shape index (κ1) is 26.5. The number of amides is 2. The third-order valence-corrected chi connectivity index (χ3v) is 6.29. The molecule has 1 heterocycles. The zero-order chi connectivity index (χ0) is 26.8. The van der Waals surface area contributed by atoms with Gasteiger partial charge in [-0.15, -0.1) is 0 Å². The number of anilines is 1. The first-order valence-corrected chi connectivity index (χ1v) is 11.8. The van der Waals surface area contributed by atoms with Crippen molar-refractivity contribution in [3.63, 3.8) is 0 Å². The number of benzene rings is 3. The average molecular weight is 550 g/mol. The summed E-state index contributed by atoms with van der Waals surface area (Å²) in [7, 11) is 0. The summed E-state index contributed by atoms with van der Waals surface area (Å²) in [5.41, 5.74) is -0.967. The van der Waals surface area contributed by atoms with E-state index >= 15 is 0 Å². The number of esters is 1. The minimum Gasteiger partial charge on any atom is -0.465 e.